The Kier molecular flexibility index (Phi) is 5.79. The molecule has 5 aromatic carbocycles. The Hall–Kier alpha value is -5.48. The predicted octanol–water partition coefficient (Wildman–Crippen LogP) is 9.52. The second kappa shape index (κ2) is 10.0. The Morgan fingerprint density at radius 3 is 2.33 bits per heavy atom. The number of benzene rings is 5. The average Bonchev–Trinajstić information content (AvgIpc) is 3.73. The molecule has 0 radical (unpaired) electrons. The zero-order chi connectivity index (χ0) is 30.1. The standard InChI is InChI=1S/C41H32N4/c1-26-18-19-42-36(22-26)29-16-17-35-34-14-8-9-15-37(34)45(38(35)24-29)32-21-27(2)20-31(23-32)41-43-39(28-10-4-3-5-11-28)40-33-13-7-6-12-30(33)25-44(40)41/h3-24,39-40H,25H2,1-2H3/t39-,40+/m1/s1. The van der Waals surface area contributed by atoms with Crippen molar-refractivity contribution in [1.29, 1.82) is 0 Å². The molecular weight excluding hydrogens is 548 g/mol. The third-order valence-corrected chi connectivity index (χ3v) is 9.49. The Bertz CT molecular complexity index is 2290. The van der Waals surface area contributed by atoms with Crippen LogP contribution in [0, 0.1) is 13.8 Å². The predicted molar refractivity (Wildman–Crippen MR) is 184 cm³/mol. The van der Waals surface area contributed by atoms with E-state index in [0.717, 1.165) is 34.9 Å². The van der Waals surface area contributed by atoms with Crippen molar-refractivity contribution in [2.24, 2.45) is 4.99 Å². The summed E-state index contributed by atoms with van der Waals surface area (Å²) in [7, 11) is 0. The molecule has 4 heterocycles. The second-order valence-electron chi connectivity index (χ2n) is 12.4. The molecule has 7 aromatic rings. The van der Waals surface area contributed by atoms with Gasteiger partial charge in [-0.15, -0.1) is 0 Å². The smallest absolute Gasteiger partial charge is 0.132 e. The molecule has 0 spiro atoms. The Balaban J connectivity index is 1.23. The van der Waals surface area contributed by atoms with Crippen molar-refractivity contribution < 1.29 is 0 Å². The normalized spacial score (nSPS) is 17.1. The molecule has 2 aliphatic heterocycles. The number of aliphatic imine (C=N–C) groups is 1. The molecule has 0 N–H and O–H groups in total. The number of amidine groups is 1. The van der Waals surface area contributed by atoms with Gasteiger partial charge < -0.3 is 9.47 Å². The molecule has 0 saturated carbocycles. The van der Waals surface area contributed by atoms with Crippen LogP contribution in [0.15, 0.2) is 139 Å². The topological polar surface area (TPSA) is 33.4 Å². The van der Waals surface area contributed by atoms with Gasteiger partial charge in [-0.2, -0.15) is 0 Å². The molecule has 4 heteroatoms. The lowest BCUT2D eigenvalue weighted by molar-refractivity contribution is 0.341. The number of hydrogen-bond donors (Lipinski definition) is 0. The fourth-order valence-electron chi connectivity index (χ4n) is 7.51. The summed E-state index contributed by atoms with van der Waals surface area (Å²) in [6.07, 6.45) is 1.90. The molecule has 0 unspecified atom stereocenters. The monoisotopic (exact) mass is 580 g/mol. The molecule has 9 rings (SSSR count). The van der Waals surface area contributed by atoms with Crippen molar-refractivity contribution in [2.75, 3.05) is 0 Å². The molecule has 216 valence electrons. The largest absolute Gasteiger partial charge is 0.342 e. The van der Waals surface area contributed by atoms with Gasteiger partial charge in [0.25, 0.3) is 0 Å². The first kappa shape index (κ1) is 26.0. The fourth-order valence-corrected chi connectivity index (χ4v) is 7.51. The van der Waals surface area contributed by atoms with Crippen LogP contribution in [-0.4, -0.2) is 20.3 Å². The fraction of sp³-hybridized carbons (Fsp3) is 0.122. The average molecular weight is 581 g/mol. The molecule has 0 fully saturated rings. The molecule has 0 saturated heterocycles. The van der Waals surface area contributed by atoms with Crippen LogP contribution in [0.3, 0.4) is 0 Å². The SMILES string of the molecule is Cc1cc(C2=N[C@H](c3ccccc3)[C@@H]3c4ccccc4CN23)cc(-n2c3ccccc3c3ccc(-c4cc(C)ccn4)cc32)c1. The van der Waals surface area contributed by atoms with Crippen LogP contribution in [0.1, 0.15) is 45.5 Å². The van der Waals surface area contributed by atoms with Crippen LogP contribution in [-0.2, 0) is 6.54 Å². The molecule has 4 nitrogen and oxygen atoms in total. The highest BCUT2D eigenvalue weighted by molar-refractivity contribution is 6.10. The molecule has 2 aromatic heterocycles. The maximum Gasteiger partial charge on any atom is 0.132 e. The summed E-state index contributed by atoms with van der Waals surface area (Å²) in [6, 6.07) is 46.5. The van der Waals surface area contributed by atoms with Crippen molar-refractivity contribution >= 4 is 27.6 Å². The quantitative estimate of drug-likeness (QED) is 0.208. The molecule has 0 bridgehead atoms. The number of aromatic nitrogens is 2. The minimum Gasteiger partial charge on any atom is -0.342 e. The summed E-state index contributed by atoms with van der Waals surface area (Å²) in [5, 5.41) is 2.49. The van der Waals surface area contributed by atoms with E-state index in [1.54, 1.807) is 0 Å². The molecule has 0 aliphatic carbocycles. The lowest BCUT2D eigenvalue weighted by Crippen LogP contribution is -2.26. The van der Waals surface area contributed by atoms with E-state index in [1.165, 1.54) is 49.6 Å². The highest BCUT2D eigenvalue weighted by atomic mass is 15.3. The molecular formula is C41H32N4. The van der Waals surface area contributed by atoms with Crippen molar-refractivity contribution in [3.05, 3.63) is 167 Å². The summed E-state index contributed by atoms with van der Waals surface area (Å²) >= 11 is 0. The van der Waals surface area contributed by atoms with Crippen molar-refractivity contribution in [3.8, 4) is 16.9 Å². The number of hydrogen-bond acceptors (Lipinski definition) is 3. The van der Waals surface area contributed by atoms with E-state index in [1.807, 2.05) is 12.3 Å². The van der Waals surface area contributed by atoms with Gasteiger partial charge in [0.15, 0.2) is 0 Å². The number of fused-ring (bicyclic) bond motifs is 6. The Morgan fingerprint density at radius 2 is 1.44 bits per heavy atom. The van der Waals surface area contributed by atoms with Gasteiger partial charge in [0.05, 0.1) is 22.8 Å². The van der Waals surface area contributed by atoms with Gasteiger partial charge >= 0.3 is 0 Å². The lowest BCUT2D eigenvalue weighted by atomic mass is 9.94. The minimum atomic E-state index is 0.0476. The van der Waals surface area contributed by atoms with Crippen LogP contribution < -0.4 is 0 Å². The van der Waals surface area contributed by atoms with Gasteiger partial charge in [0, 0.05) is 40.3 Å². The number of nitrogens with zero attached hydrogens (tertiary/aromatic N) is 4. The van der Waals surface area contributed by atoms with E-state index in [4.69, 9.17) is 9.98 Å². The molecule has 45 heavy (non-hydrogen) atoms. The molecule has 0 amide bonds. The van der Waals surface area contributed by atoms with Crippen LogP contribution in [0.4, 0.5) is 0 Å². The maximum atomic E-state index is 5.49. The van der Waals surface area contributed by atoms with E-state index in [-0.39, 0.29) is 12.1 Å². The molecule has 2 aliphatic rings. The highest BCUT2D eigenvalue weighted by Crippen LogP contribution is 2.49. The Morgan fingerprint density at radius 1 is 0.644 bits per heavy atom. The van der Waals surface area contributed by atoms with Crippen molar-refractivity contribution in [2.45, 2.75) is 32.5 Å². The van der Waals surface area contributed by atoms with E-state index in [2.05, 4.69) is 145 Å². The summed E-state index contributed by atoms with van der Waals surface area (Å²) in [5.74, 6) is 1.07. The van der Waals surface area contributed by atoms with Crippen LogP contribution in [0.5, 0.6) is 0 Å². The first-order valence-electron chi connectivity index (χ1n) is 15.7. The van der Waals surface area contributed by atoms with Crippen LogP contribution >= 0.6 is 0 Å². The van der Waals surface area contributed by atoms with Crippen molar-refractivity contribution in [1.82, 2.24) is 14.5 Å². The van der Waals surface area contributed by atoms with Gasteiger partial charge in [-0.25, -0.2) is 0 Å². The van der Waals surface area contributed by atoms with E-state index in [9.17, 15) is 0 Å². The van der Waals surface area contributed by atoms with Gasteiger partial charge in [-0.1, -0.05) is 84.9 Å². The number of para-hydroxylation sites is 1. The Labute approximate surface area is 262 Å². The van der Waals surface area contributed by atoms with Gasteiger partial charge in [-0.3, -0.25) is 9.98 Å². The third-order valence-electron chi connectivity index (χ3n) is 9.49. The van der Waals surface area contributed by atoms with E-state index in [0.29, 0.717) is 0 Å². The first-order chi connectivity index (χ1) is 22.1. The summed E-state index contributed by atoms with van der Waals surface area (Å²) in [5.41, 5.74) is 13.2. The van der Waals surface area contributed by atoms with Gasteiger partial charge in [-0.05, 0) is 84.1 Å². The lowest BCUT2D eigenvalue weighted by Gasteiger charge is -2.24. The zero-order valence-electron chi connectivity index (χ0n) is 25.4. The molecule has 2 atom stereocenters. The summed E-state index contributed by atoms with van der Waals surface area (Å²) in [6.45, 7) is 5.18. The first-order valence-corrected chi connectivity index (χ1v) is 15.7. The third kappa shape index (κ3) is 4.13. The zero-order valence-corrected chi connectivity index (χ0v) is 25.4. The second-order valence-corrected chi connectivity index (χ2v) is 12.4. The summed E-state index contributed by atoms with van der Waals surface area (Å²) in [4.78, 5) is 12.7. The van der Waals surface area contributed by atoms with Gasteiger partial charge in [0.2, 0.25) is 0 Å². The number of rotatable bonds is 4. The summed E-state index contributed by atoms with van der Waals surface area (Å²) < 4.78 is 2.42. The number of pyridine rings is 1. The van der Waals surface area contributed by atoms with Crippen molar-refractivity contribution in [3.63, 3.8) is 0 Å². The van der Waals surface area contributed by atoms with Crippen LogP contribution in [0.25, 0.3) is 38.8 Å². The highest BCUT2D eigenvalue weighted by Gasteiger charge is 2.43. The van der Waals surface area contributed by atoms with E-state index >= 15 is 0 Å². The van der Waals surface area contributed by atoms with Gasteiger partial charge in [0.1, 0.15) is 11.9 Å². The minimum absolute atomic E-state index is 0.0476. The number of aryl methyl sites for hydroxylation is 2. The van der Waals surface area contributed by atoms with Crippen LogP contribution in [0.2, 0.25) is 0 Å². The van der Waals surface area contributed by atoms with E-state index < -0.39 is 0 Å². The maximum absolute atomic E-state index is 5.49.